The lowest BCUT2D eigenvalue weighted by Gasteiger charge is -2.37. The van der Waals surface area contributed by atoms with Crippen LogP contribution in [0.5, 0.6) is 11.5 Å². The number of carbonyl (C=O) groups is 2. The second-order valence-corrected chi connectivity index (χ2v) is 13.0. The molecule has 3 aromatic rings. The largest absolute Gasteiger partial charge is 0.448 e. The van der Waals surface area contributed by atoms with Crippen LogP contribution in [0.25, 0.3) is 0 Å². The summed E-state index contributed by atoms with van der Waals surface area (Å²) in [6.07, 6.45) is 5.05. The molecule has 3 heterocycles. The molecule has 2 aliphatic rings. The maximum Gasteiger partial charge on any atom is 0.270 e. The van der Waals surface area contributed by atoms with Crippen molar-refractivity contribution in [2.45, 2.75) is 76.6 Å². The van der Waals surface area contributed by atoms with Crippen molar-refractivity contribution in [3.8, 4) is 11.5 Å². The average molecular weight is 617 g/mol. The first-order valence-electron chi connectivity index (χ1n) is 13.5. The highest BCUT2D eigenvalue weighted by molar-refractivity contribution is 7.98. The minimum atomic E-state index is -0.949. The van der Waals surface area contributed by atoms with Crippen LogP contribution >= 0.6 is 34.7 Å². The lowest BCUT2D eigenvalue weighted by atomic mass is 9.81. The van der Waals surface area contributed by atoms with Crippen molar-refractivity contribution in [1.29, 1.82) is 0 Å². The van der Waals surface area contributed by atoms with Gasteiger partial charge < -0.3 is 25.1 Å². The second kappa shape index (κ2) is 11.7. The molecule has 0 spiro atoms. The molecule has 0 saturated heterocycles. The van der Waals surface area contributed by atoms with E-state index in [1.165, 1.54) is 23.1 Å². The smallest absolute Gasteiger partial charge is 0.270 e. The van der Waals surface area contributed by atoms with Crippen LogP contribution in [0.1, 0.15) is 75.3 Å². The first kappa shape index (κ1) is 29.5. The minimum absolute atomic E-state index is 0.0566. The molecule has 1 unspecified atom stereocenters. The van der Waals surface area contributed by atoms with E-state index in [4.69, 9.17) is 21.1 Å². The number of thiazole rings is 1. The van der Waals surface area contributed by atoms with Crippen LogP contribution < -0.4 is 25.7 Å². The number of carbonyl (C=O) groups excluding carboxylic acids is 2. The number of nitrogens with zero attached hydrogens (tertiary/aromatic N) is 1. The molecule has 5 rings (SSSR count). The summed E-state index contributed by atoms with van der Waals surface area (Å²) in [6, 6.07) is 3.53. The highest BCUT2D eigenvalue weighted by atomic mass is 35.5. The Bertz CT molecular complexity index is 1560. The fourth-order valence-electron chi connectivity index (χ4n) is 5.54. The number of pyridine rings is 1. The first-order valence-corrected chi connectivity index (χ1v) is 16.0. The van der Waals surface area contributed by atoms with Gasteiger partial charge >= 0.3 is 0 Å². The summed E-state index contributed by atoms with van der Waals surface area (Å²) in [5, 5.41) is 8.89. The Morgan fingerprint density at radius 3 is 2.51 bits per heavy atom. The summed E-state index contributed by atoms with van der Waals surface area (Å²) in [4.78, 5) is 46.2. The fourth-order valence-corrected chi connectivity index (χ4v) is 7.07. The van der Waals surface area contributed by atoms with Crippen LogP contribution in [0.15, 0.2) is 27.2 Å². The van der Waals surface area contributed by atoms with Gasteiger partial charge in [-0.1, -0.05) is 11.6 Å². The zero-order valence-corrected chi connectivity index (χ0v) is 26.0. The summed E-state index contributed by atoms with van der Waals surface area (Å²) in [5.74, 6) is -0.502. The van der Waals surface area contributed by atoms with Crippen LogP contribution in [0.3, 0.4) is 0 Å². The molecule has 218 valence electrons. The summed E-state index contributed by atoms with van der Waals surface area (Å²) in [7, 11) is 0. The molecule has 1 aliphatic carbocycles. The number of rotatable bonds is 7. The topological polar surface area (TPSA) is 122 Å². The maximum absolute atomic E-state index is 13.2. The molecule has 1 fully saturated rings. The third-order valence-corrected chi connectivity index (χ3v) is 9.68. The van der Waals surface area contributed by atoms with Gasteiger partial charge in [0.25, 0.3) is 23.2 Å². The standard InChI is InChI=1S/C29H33ClN4O5S2/c1-14-10-23(40-5)20(27(36)32-14)12-31-26(35)19-11-21(30)25-24(15(19)2)38-29(4,39-25)17-6-8-18(9-7-17)34-28(37)22-13-41-16(3)33-22/h10-11,13,17-18H,6-9,12H2,1-5H3,(H,31,35)(H,32,36)(H,34,37). The molecule has 0 radical (unpaired) electrons. The van der Waals surface area contributed by atoms with Crippen molar-refractivity contribution in [3.05, 3.63) is 66.0 Å². The zero-order valence-electron chi connectivity index (χ0n) is 23.6. The molecule has 3 N–H and O–H groups in total. The molecular weight excluding hydrogens is 584 g/mol. The van der Waals surface area contributed by atoms with Crippen LogP contribution in [0, 0.1) is 26.7 Å². The van der Waals surface area contributed by atoms with Gasteiger partial charge in [0.1, 0.15) is 5.69 Å². The molecule has 1 aliphatic heterocycles. The molecule has 2 amide bonds. The van der Waals surface area contributed by atoms with E-state index in [0.717, 1.165) is 41.3 Å². The molecule has 9 nitrogen and oxygen atoms in total. The Kier molecular flexibility index (Phi) is 8.41. The fraction of sp³-hybridized carbons (Fsp3) is 0.448. The predicted molar refractivity (Wildman–Crippen MR) is 161 cm³/mol. The van der Waals surface area contributed by atoms with Crippen molar-refractivity contribution in [2.75, 3.05) is 6.26 Å². The van der Waals surface area contributed by atoms with Crippen molar-refractivity contribution >= 4 is 46.5 Å². The van der Waals surface area contributed by atoms with E-state index in [1.54, 1.807) is 18.4 Å². The third-order valence-electron chi connectivity index (χ3n) is 7.82. The van der Waals surface area contributed by atoms with Gasteiger partial charge in [-0.2, -0.15) is 0 Å². The van der Waals surface area contributed by atoms with Gasteiger partial charge in [-0.25, -0.2) is 4.98 Å². The number of ether oxygens (including phenoxy) is 2. The third kappa shape index (κ3) is 5.98. The molecule has 0 bridgehead atoms. The number of halogens is 1. The second-order valence-electron chi connectivity index (χ2n) is 10.7. The minimum Gasteiger partial charge on any atom is -0.448 e. The number of nitrogens with one attached hydrogen (secondary N) is 3. The van der Waals surface area contributed by atoms with Crippen molar-refractivity contribution in [2.24, 2.45) is 5.92 Å². The molecule has 1 saturated carbocycles. The van der Waals surface area contributed by atoms with E-state index in [0.29, 0.717) is 33.9 Å². The average Bonchev–Trinajstić information content (AvgIpc) is 3.54. The number of H-pyrrole nitrogens is 1. The molecule has 12 heteroatoms. The normalized spacial score (nSPS) is 21.5. The van der Waals surface area contributed by atoms with Crippen LogP contribution in [-0.4, -0.2) is 39.9 Å². The lowest BCUT2D eigenvalue weighted by Crippen LogP contribution is -2.47. The lowest BCUT2D eigenvalue weighted by molar-refractivity contribution is -0.121. The van der Waals surface area contributed by atoms with Crippen LogP contribution in [-0.2, 0) is 6.54 Å². The van der Waals surface area contributed by atoms with E-state index in [9.17, 15) is 14.4 Å². The summed E-state index contributed by atoms with van der Waals surface area (Å²) in [5.41, 5.74) is 2.48. The van der Waals surface area contributed by atoms with Crippen molar-refractivity contribution in [3.63, 3.8) is 0 Å². The molecular formula is C29H33ClN4O5S2. The van der Waals surface area contributed by atoms with Gasteiger partial charge in [0.2, 0.25) is 0 Å². The van der Waals surface area contributed by atoms with Crippen LogP contribution in [0.2, 0.25) is 5.02 Å². The zero-order chi connectivity index (χ0) is 29.5. The number of hydrogen-bond acceptors (Lipinski definition) is 8. The number of thioether (sulfide) groups is 1. The monoisotopic (exact) mass is 616 g/mol. The quantitative estimate of drug-likeness (QED) is 0.298. The Labute approximate surface area is 251 Å². The first-order chi connectivity index (χ1) is 19.5. The highest BCUT2D eigenvalue weighted by Gasteiger charge is 2.47. The Morgan fingerprint density at radius 1 is 1.15 bits per heavy atom. The summed E-state index contributed by atoms with van der Waals surface area (Å²) < 4.78 is 12.7. The van der Waals surface area contributed by atoms with E-state index < -0.39 is 5.79 Å². The number of aryl methyl sites for hydroxylation is 2. The number of hydrogen-bond donors (Lipinski definition) is 3. The number of fused-ring (bicyclic) bond motifs is 1. The Hall–Kier alpha value is -3.02. The summed E-state index contributed by atoms with van der Waals surface area (Å²) in [6.45, 7) is 7.49. The predicted octanol–water partition coefficient (Wildman–Crippen LogP) is 5.54. The van der Waals surface area contributed by atoms with Crippen LogP contribution in [0.4, 0.5) is 0 Å². The van der Waals surface area contributed by atoms with Gasteiger partial charge in [-0.3, -0.25) is 14.4 Å². The number of benzene rings is 1. The van der Waals surface area contributed by atoms with Crippen molar-refractivity contribution < 1.29 is 19.1 Å². The van der Waals surface area contributed by atoms with Gasteiger partial charge in [0.15, 0.2) is 11.5 Å². The van der Waals surface area contributed by atoms with E-state index in [-0.39, 0.29) is 40.9 Å². The molecule has 1 atom stereocenters. The van der Waals surface area contributed by atoms with E-state index >= 15 is 0 Å². The molecule has 2 aromatic heterocycles. The van der Waals surface area contributed by atoms with E-state index in [2.05, 4.69) is 20.6 Å². The van der Waals surface area contributed by atoms with E-state index in [1.807, 2.05) is 33.1 Å². The van der Waals surface area contributed by atoms with Crippen molar-refractivity contribution in [1.82, 2.24) is 20.6 Å². The van der Waals surface area contributed by atoms with Gasteiger partial charge in [0.05, 0.1) is 10.0 Å². The van der Waals surface area contributed by atoms with Gasteiger partial charge in [-0.15, -0.1) is 23.1 Å². The maximum atomic E-state index is 13.2. The molecule has 41 heavy (non-hydrogen) atoms. The van der Waals surface area contributed by atoms with Gasteiger partial charge in [0, 0.05) is 58.1 Å². The summed E-state index contributed by atoms with van der Waals surface area (Å²) >= 11 is 9.52. The van der Waals surface area contributed by atoms with Gasteiger partial charge in [-0.05, 0) is 64.8 Å². The Balaban J connectivity index is 1.25. The number of amides is 2. The Morgan fingerprint density at radius 2 is 1.85 bits per heavy atom. The molecule has 1 aromatic carbocycles. The number of aromatic amines is 1. The SMILES string of the molecule is CSc1cc(C)[nH]c(=O)c1CNC(=O)c1cc(Cl)c2c(c1C)OC(C)(C1CCC(NC(=O)c3csc(C)n3)CC1)O2. The number of aromatic nitrogens is 2. The highest BCUT2D eigenvalue weighted by Crippen LogP contribution is 2.51.